The number of rotatable bonds is 5. The second kappa shape index (κ2) is 7.11. The lowest BCUT2D eigenvalue weighted by Crippen LogP contribution is -2.32. The number of carbonyl (C=O) groups excluding carboxylic acids is 1. The maximum absolute atomic E-state index is 11.7. The van der Waals surface area contributed by atoms with Crippen molar-refractivity contribution in [3.8, 4) is 5.75 Å². The molecule has 0 aromatic heterocycles. The van der Waals surface area contributed by atoms with E-state index in [4.69, 9.17) is 4.74 Å². The molecule has 0 atom stereocenters. The number of carbonyl (C=O) groups is 1. The normalized spacial score (nSPS) is 10.6. The minimum Gasteiger partial charge on any atom is -0.495 e. The lowest BCUT2D eigenvalue weighted by atomic mass is 10.3. The summed E-state index contributed by atoms with van der Waals surface area (Å²) in [5.41, 5.74) is 0.686. The molecular weight excluding hydrogens is 364 g/mol. The van der Waals surface area contributed by atoms with Crippen molar-refractivity contribution in [3.63, 3.8) is 0 Å². The maximum Gasteiger partial charge on any atom is 0.238 e. The van der Waals surface area contributed by atoms with Crippen LogP contribution in [-0.2, 0) is 4.79 Å². The van der Waals surface area contributed by atoms with Crippen molar-refractivity contribution in [1.29, 1.82) is 0 Å². The van der Waals surface area contributed by atoms with Gasteiger partial charge in [-0.1, -0.05) is 13.8 Å². The van der Waals surface area contributed by atoms with Crippen molar-refractivity contribution in [3.05, 3.63) is 21.1 Å². The first-order chi connectivity index (χ1) is 8.43. The van der Waals surface area contributed by atoms with Crippen LogP contribution in [0.1, 0.15) is 13.8 Å². The molecule has 0 spiro atoms. The first-order valence-electron chi connectivity index (χ1n) is 5.50. The lowest BCUT2D eigenvalue weighted by Gasteiger charge is -2.12. The predicted molar refractivity (Wildman–Crippen MR) is 80.2 cm³/mol. The summed E-state index contributed by atoms with van der Waals surface area (Å²) in [6.07, 6.45) is 0. The van der Waals surface area contributed by atoms with Gasteiger partial charge in [-0.3, -0.25) is 4.79 Å². The number of ether oxygens (including phenoxy) is 1. The summed E-state index contributed by atoms with van der Waals surface area (Å²) >= 11 is 6.78. The second-order valence-electron chi connectivity index (χ2n) is 4.05. The molecule has 0 saturated heterocycles. The first-order valence-corrected chi connectivity index (χ1v) is 7.09. The van der Waals surface area contributed by atoms with Gasteiger partial charge in [-0.15, -0.1) is 0 Å². The summed E-state index contributed by atoms with van der Waals surface area (Å²) in [5, 5.41) is 5.88. The zero-order valence-corrected chi connectivity index (χ0v) is 13.7. The van der Waals surface area contributed by atoms with Crippen LogP contribution in [0, 0.1) is 0 Å². The van der Waals surface area contributed by atoms with E-state index in [0.29, 0.717) is 11.4 Å². The Morgan fingerprint density at radius 3 is 2.56 bits per heavy atom. The van der Waals surface area contributed by atoms with Gasteiger partial charge in [0.1, 0.15) is 5.75 Å². The molecule has 0 unspecified atom stereocenters. The van der Waals surface area contributed by atoms with Crippen LogP contribution in [0.2, 0.25) is 0 Å². The van der Waals surface area contributed by atoms with Gasteiger partial charge in [-0.2, -0.15) is 0 Å². The zero-order chi connectivity index (χ0) is 13.7. The molecule has 6 heteroatoms. The van der Waals surface area contributed by atoms with Gasteiger partial charge in [0, 0.05) is 16.6 Å². The fourth-order valence-electron chi connectivity index (χ4n) is 1.27. The minimum absolute atomic E-state index is 0.0891. The number of amides is 1. The Morgan fingerprint density at radius 1 is 1.33 bits per heavy atom. The van der Waals surface area contributed by atoms with Crippen molar-refractivity contribution in [2.45, 2.75) is 19.9 Å². The second-order valence-corrected chi connectivity index (χ2v) is 5.76. The van der Waals surface area contributed by atoms with Crippen LogP contribution in [0.15, 0.2) is 21.1 Å². The van der Waals surface area contributed by atoms with Crippen LogP contribution >= 0.6 is 31.9 Å². The lowest BCUT2D eigenvalue weighted by molar-refractivity contribution is -0.115. The Hall–Kier alpha value is -0.590. The van der Waals surface area contributed by atoms with E-state index < -0.39 is 0 Å². The Labute approximate surface area is 124 Å². The molecule has 1 aromatic carbocycles. The van der Waals surface area contributed by atoms with Gasteiger partial charge >= 0.3 is 0 Å². The molecule has 0 aliphatic rings. The molecule has 0 aliphatic carbocycles. The Morgan fingerprint density at radius 2 is 2.00 bits per heavy atom. The zero-order valence-electron chi connectivity index (χ0n) is 10.5. The van der Waals surface area contributed by atoms with Gasteiger partial charge < -0.3 is 15.4 Å². The molecule has 0 radical (unpaired) electrons. The molecule has 0 bridgehead atoms. The van der Waals surface area contributed by atoms with Gasteiger partial charge in [0.15, 0.2) is 0 Å². The number of halogens is 2. The number of hydrogen-bond donors (Lipinski definition) is 2. The van der Waals surface area contributed by atoms with Crippen molar-refractivity contribution >= 4 is 43.5 Å². The van der Waals surface area contributed by atoms with Crippen molar-refractivity contribution in [2.75, 3.05) is 19.0 Å². The topological polar surface area (TPSA) is 50.4 Å². The van der Waals surface area contributed by atoms with Crippen molar-refractivity contribution in [1.82, 2.24) is 5.32 Å². The number of nitrogens with one attached hydrogen (secondary N) is 2. The third-order valence-electron chi connectivity index (χ3n) is 2.19. The van der Waals surface area contributed by atoms with Crippen LogP contribution < -0.4 is 15.4 Å². The van der Waals surface area contributed by atoms with E-state index in [1.54, 1.807) is 13.2 Å². The average Bonchev–Trinajstić information content (AvgIpc) is 2.30. The van der Waals surface area contributed by atoms with E-state index in [-0.39, 0.29) is 18.5 Å². The van der Waals surface area contributed by atoms with E-state index in [2.05, 4.69) is 42.5 Å². The smallest absolute Gasteiger partial charge is 0.238 e. The fraction of sp³-hybridized carbons (Fsp3) is 0.417. The molecule has 0 fully saturated rings. The maximum atomic E-state index is 11.7. The molecular formula is C12H16Br2N2O2. The molecule has 1 aromatic rings. The number of anilines is 1. The summed E-state index contributed by atoms with van der Waals surface area (Å²) in [7, 11) is 1.58. The van der Waals surface area contributed by atoms with Gasteiger partial charge in [-0.25, -0.2) is 0 Å². The van der Waals surface area contributed by atoms with Crippen LogP contribution in [0.25, 0.3) is 0 Å². The van der Waals surface area contributed by atoms with Crippen molar-refractivity contribution < 1.29 is 9.53 Å². The summed E-state index contributed by atoms with van der Waals surface area (Å²) in [6, 6.07) is 3.88. The van der Waals surface area contributed by atoms with Gasteiger partial charge in [-0.05, 0) is 37.9 Å². The summed E-state index contributed by atoms with van der Waals surface area (Å²) in [6.45, 7) is 4.26. The van der Waals surface area contributed by atoms with Gasteiger partial charge in [0.05, 0.1) is 23.8 Å². The first kappa shape index (κ1) is 15.5. The van der Waals surface area contributed by atoms with Crippen molar-refractivity contribution in [2.24, 2.45) is 0 Å². The average molecular weight is 380 g/mol. The van der Waals surface area contributed by atoms with Crippen LogP contribution in [0.5, 0.6) is 5.75 Å². The summed E-state index contributed by atoms with van der Waals surface area (Å²) in [5.74, 6) is 0.582. The summed E-state index contributed by atoms with van der Waals surface area (Å²) < 4.78 is 6.81. The Kier molecular flexibility index (Phi) is 6.11. The predicted octanol–water partition coefficient (Wildman–Crippen LogP) is 3.16. The fourth-order valence-corrected chi connectivity index (χ4v) is 2.53. The monoisotopic (exact) mass is 378 g/mol. The van der Waals surface area contributed by atoms with Gasteiger partial charge in [0.25, 0.3) is 0 Å². The Balaban J connectivity index is 2.75. The van der Waals surface area contributed by atoms with E-state index in [9.17, 15) is 4.79 Å². The molecule has 0 saturated carbocycles. The highest BCUT2D eigenvalue weighted by molar-refractivity contribution is 9.11. The van der Waals surface area contributed by atoms with Crippen LogP contribution in [0.3, 0.4) is 0 Å². The molecule has 0 aliphatic heterocycles. The number of hydrogen-bond acceptors (Lipinski definition) is 3. The molecule has 1 rings (SSSR count). The van der Waals surface area contributed by atoms with E-state index in [0.717, 1.165) is 8.95 Å². The molecule has 1 amide bonds. The Bertz CT molecular complexity index is 436. The largest absolute Gasteiger partial charge is 0.495 e. The molecule has 4 nitrogen and oxygen atoms in total. The highest BCUT2D eigenvalue weighted by Crippen LogP contribution is 2.34. The van der Waals surface area contributed by atoms with Crippen LogP contribution in [-0.4, -0.2) is 25.6 Å². The molecule has 18 heavy (non-hydrogen) atoms. The SMILES string of the molecule is COc1cc(NC(=O)CNC(C)C)c(Br)cc1Br. The van der Waals surface area contributed by atoms with E-state index >= 15 is 0 Å². The van der Waals surface area contributed by atoms with E-state index in [1.807, 2.05) is 19.9 Å². The minimum atomic E-state index is -0.0891. The van der Waals surface area contributed by atoms with Gasteiger partial charge in [0.2, 0.25) is 5.91 Å². The van der Waals surface area contributed by atoms with E-state index in [1.165, 1.54) is 0 Å². The molecule has 2 N–H and O–H groups in total. The number of benzene rings is 1. The quantitative estimate of drug-likeness (QED) is 0.826. The molecule has 0 heterocycles. The number of methoxy groups -OCH3 is 1. The highest BCUT2D eigenvalue weighted by atomic mass is 79.9. The third-order valence-corrected chi connectivity index (χ3v) is 3.46. The highest BCUT2D eigenvalue weighted by Gasteiger charge is 2.10. The third kappa shape index (κ3) is 4.59. The van der Waals surface area contributed by atoms with Crippen LogP contribution in [0.4, 0.5) is 5.69 Å². The standard InChI is InChI=1S/C12H16Br2N2O2/c1-7(2)15-6-12(17)16-10-5-11(18-3)9(14)4-8(10)13/h4-5,7,15H,6H2,1-3H3,(H,16,17). The summed E-state index contributed by atoms with van der Waals surface area (Å²) in [4.78, 5) is 11.7. The molecule has 100 valence electrons.